The minimum Gasteiger partial charge on any atom is -0.199 e. The van der Waals surface area contributed by atoms with Crippen molar-refractivity contribution in [2.24, 2.45) is 22.4 Å². The lowest BCUT2D eigenvalue weighted by molar-refractivity contribution is 0.507. The molecule has 21 heavy (non-hydrogen) atoms. The van der Waals surface area contributed by atoms with E-state index in [4.69, 9.17) is 0 Å². The van der Waals surface area contributed by atoms with E-state index in [1.165, 1.54) is 0 Å². The third-order valence-electron chi connectivity index (χ3n) is 4.60. The first-order valence-electron chi connectivity index (χ1n) is 7.09. The van der Waals surface area contributed by atoms with Crippen LogP contribution in [0.1, 0.15) is 26.3 Å². The van der Waals surface area contributed by atoms with Crippen LogP contribution in [-0.4, -0.2) is 18.5 Å². The molecule has 0 spiro atoms. The average Bonchev–Trinajstić information content (AvgIpc) is 3.02. The summed E-state index contributed by atoms with van der Waals surface area (Å²) < 4.78 is 26.4. The summed E-state index contributed by atoms with van der Waals surface area (Å²) in [4.78, 5) is 0.268. The first-order valence-corrected chi connectivity index (χ1v) is 8.53. The SMILES string of the molecule is CC1=NN(S(=O)(=O)c2ccc(C)cc2)C=CC2C1C2(C)C. The summed E-state index contributed by atoms with van der Waals surface area (Å²) in [5.41, 5.74) is 2.10. The molecule has 1 heterocycles. The van der Waals surface area contributed by atoms with Crippen molar-refractivity contribution < 1.29 is 8.42 Å². The summed E-state index contributed by atoms with van der Waals surface area (Å²) in [5.74, 6) is 0.714. The maximum atomic E-state index is 12.6. The molecular weight excluding hydrogens is 284 g/mol. The molecule has 1 fully saturated rings. The normalized spacial score (nSPS) is 26.9. The molecule has 4 nitrogen and oxygen atoms in total. The molecule has 2 aliphatic rings. The molecule has 2 unspecified atom stereocenters. The van der Waals surface area contributed by atoms with E-state index in [1.54, 1.807) is 30.5 Å². The van der Waals surface area contributed by atoms with E-state index in [-0.39, 0.29) is 10.3 Å². The zero-order chi connectivity index (χ0) is 15.4. The van der Waals surface area contributed by atoms with Gasteiger partial charge in [0.15, 0.2) is 0 Å². The molecule has 0 aromatic heterocycles. The van der Waals surface area contributed by atoms with Gasteiger partial charge in [0.1, 0.15) is 0 Å². The molecule has 1 aliphatic carbocycles. The Hall–Kier alpha value is -1.62. The number of allylic oxidation sites excluding steroid dienone is 1. The number of hydrogen-bond acceptors (Lipinski definition) is 3. The highest BCUT2D eigenvalue weighted by molar-refractivity contribution is 7.89. The lowest BCUT2D eigenvalue weighted by atomic mass is 10.1. The number of rotatable bonds is 2. The van der Waals surface area contributed by atoms with Gasteiger partial charge in [-0.05, 0) is 37.3 Å². The molecule has 1 aliphatic heterocycles. The van der Waals surface area contributed by atoms with Crippen LogP contribution < -0.4 is 0 Å². The molecule has 0 amide bonds. The number of hydrazone groups is 1. The first kappa shape index (κ1) is 14.3. The Balaban J connectivity index is 1.96. The standard InChI is InChI=1S/C16H20N2O2S/c1-11-5-7-13(8-6-11)21(19,20)18-10-9-14-15(12(2)17-18)16(14,3)4/h5-10,14-15H,1-4H3. The van der Waals surface area contributed by atoms with Gasteiger partial charge in [0.2, 0.25) is 0 Å². The monoisotopic (exact) mass is 304 g/mol. The third-order valence-corrected chi connectivity index (χ3v) is 6.17. The van der Waals surface area contributed by atoms with Gasteiger partial charge in [-0.15, -0.1) is 0 Å². The highest BCUT2D eigenvalue weighted by atomic mass is 32.2. The van der Waals surface area contributed by atoms with Gasteiger partial charge in [-0.3, -0.25) is 0 Å². The van der Waals surface area contributed by atoms with Gasteiger partial charge in [0.05, 0.1) is 4.90 Å². The molecule has 1 saturated carbocycles. The number of nitrogens with zero attached hydrogens (tertiary/aromatic N) is 2. The summed E-state index contributed by atoms with van der Waals surface area (Å²) in [6.45, 7) is 8.23. The van der Waals surface area contributed by atoms with Gasteiger partial charge in [0, 0.05) is 17.8 Å². The van der Waals surface area contributed by atoms with E-state index in [0.717, 1.165) is 15.7 Å². The second kappa shape index (κ2) is 4.44. The van der Waals surface area contributed by atoms with Crippen molar-refractivity contribution >= 4 is 15.7 Å². The van der Waals surface area contributed by atoms with E-state index in [1.807, 2.05) is 19.9 Å². The Kier molecular flexibility index (Phi) is 3.03. The summed E-state index contributed by atoms with van der Waals surface area (Å²) >= 11 is 0. The van der Waals surface area contributed by atoms with Crippen LogP contribution >= 0.6 is 0 Å². The highest BCUT2D eigenvalue weighted by Crippen LogP contribution is 2.60. The van der Waals surface area contributed by atoms with Crippen LogP contribution in [0.3, 0.4) is 0 Å². The van der Waals surface area contributed by atoms with Crippen molar-refractivity contribution in [2.75, 3.05) is 0 Å². The summed E-state index contributed by atoms with van der Waals surface area (Å²) in [6.07, 6.45) is 3.56. The Morgan fingerprint density at radius 3 is 2.38 bits per heavy atom. The topological polar surface area (TPSA) is 49.7 Å². The molecule has 0 saturated heterocycles. The lowest BCUT2D eigenvalue weighted by Crippen LogP contribution is -2.22. The maximum Gasteiger partial charge on any atom is 0.282 e. The molecule has 0 N–H and O–H groups in total. The summed E-state index contributed by atoms with van der Waals surface area (Å²) in [5, 5.41) is 4.34. The van der Waals surface area contributed by atoms with Crippen molar-refractivity contribution in [1.82, 2.24) is 4.41 Å². The first-order chi connectivity index (χ1) is 9.74. The quantitative estimate of drug-likeness (QED) is 0.842. The van der Waals surface area contributed by atoms with E-state index in [9.17, 15) is 8.42 Å². The molecule has 2 atom stereocenters. The smallest absolute Gasteiger partial charge is 0.199 e. The fraction of sp³-hybridized carbons (Fsp3) is 0.438. The van der Waals surface area contributed by atoms with Crippen molar-refractivity contribution in [2.45, 2.75) is 32.6 Å². The lowest BCUT2D eigenvalue weighted by Gasteiger charge is -2.16. The van der Waals surface area contributed by atoms with Gasteiger partial charge in [-0.25, -0.2) is 0 Å². The Labute approximate surface area is 126 Å². The number of fused-ring (bicyclic) bond motifs is 1. The molecule has 3 rings (SSSR count). The van der Waals surface area contributed by atoms with Gasteiger partial charge in [-0.1, -0.05) is 37.6 Å². The second-order valence-electron chi connectivity index (χ2n) is 6.50. The zero-order valence-corrected chi connectivity index (χ0v) is 13.6. The van der Waals surface area contributed by atoms with Crippen molar-refractivity contribution in [3.8, 4) is 0 Å². The number of sulfonamides is 1. The number of aryl methyl sites for hydroxylation is 1. The van der Waals surface area contributed by atoms with Gasteiger partial charge < -0.3 is 0 Å². The number of hydrogen-bond donors (Lipinski definition) is 0. The molecule has 112 valence electrons. The average molecular weight is 304 g/mol. The van der Waals surface area contributed by atoms with E-state index in [0.29, 0.717) is 11.8 Å². The number of benzene rings is 1. The van der Waals surface area contributed by atoms with E-state index in [2.05, 4.69) is 18.9 Å². The fourth-order valence-electron chi connectivity index (χ4n) is 3.20. The fourth-order valence-corrected chi connectivity index (χ4v) is 4.37. The minimum absolute atomic E-state index is 0.184. The maximum absolute atomic E-state index is 12.6. The predicted octanol–water partition coefficient (Wildman–Crippen LogP) is 3.16. The van der Waals surface area contributed by atoms with Crippen LogP contribution in [0.5, 0.6) is 0 Å². The Morgan fingerprint density at radius 1 is 1.14 bits per heavy atom. The van der Waals surface area contributed by atoms with Crippen LogP contribution in [0, 0.1) is 24.2 Å². The van der Waals surface area contributed by atoms with Crippen LogP contribution in [0.2, 0.25) is 0 Å². The van der Waals surface area contributed by atoms with Crippen LogP contribution in [0.25, 0.3) is 0 Å². The van der Waals surface area contributed by atoms with Gasteiger partial charge >= 0.3 is 0 Å². The Morgan fingerprint density at radius 2 is 1.76 bits per heavy atom. The van der Waals surface area contributed by atoms with Crippen molar-refractivity contribution in [3.05, 3.63) is 42.1 Å². The van der Waals surface area contributed by atoms with Gasteiger partial charge in [-0.2, -0.15) is 17.9 Å². The Bertz CT molecular complexity index is 730. The largest absolute Gasteiger partial charge is 0.282 e. The summed E-state index contributed by atoms with van der Waals surface area (Å²) in [7, 11) is -3.62. The molecule has 0 bridgehead atoms. The molecule has 5 heteroatoms. The molecule has 0 radical (unpaired) electrons. The molecular formula is C16H20N2O2S. The van der Waals surface area contributed by atoms with Crippen LogP contribution in [0.4, 0.5) is 0 Å². The predicted molar refractivity (Wildman–Crippen MR) is 83.2 cm³/mol. The zero-order valence-electron chi connectivity index (χ0n) is 12.7. The molecule has 1 aromatic rings. The van der Waals surface area contributed by atoms with Gasteiger partial charge in [0.25, 0.3) is 10.0 Å². The summed E-state index contributed by atoms with van der Waals surface area (Å²) in [6, 6.07) is 6.84. The third kappa shape index (κ3) is 2.20. The van der Waals surface area contributed by atoms with Crippen molar-refractivity contribution in [3.63, 3.8) is 0 Å². The second-order valence-corrected chi connectivity index (χ2v) is 8.29. The minimum atomic E-state index is -3.62. The van der Waals surface area contributed by atoms with Crippen LogP contribution in [0.15, 0.2) is 46.5 Å². The van der Waals surface area contributed by atoms with Crippen LogP contribution in [-0.2, 0) is 10.0 Å². The highest BCUT2D eigenvalue weighted by Gasteiger charge is 2.58. The van der Waals surface area contributed by atoms with Crippen molar-refractivity contribution in [1.29, 1.82) is 0 Å². The van der Waals surface area contributed by atoms with E-state index >= 15 is 0 Å². The molecule has 1 aromatic carbocycles. The van der Waals surface area contributed by atoms with E-state index < -0.39 is 10.0 Å².